The van der Waals surface area contributed by atoms with Gasteiger partial charge in [0.2, 0.25) is 0 Å². The number of carbonyl (C=O) groups excluding carboxylic acids is 2. The topological polar surface area (TPSA) is 89.3 Å². The van der Waals surface area contributed by atoms with Crippen LogP contribution >= 0.6 is 11.6 Å². The van der Waals surface area contributed by atoms with Gasteiger partial charge in [0, 0.05) is 50.0 Å². The molecule has 7 nitrogen and oxygen atoms in total. The molecule has 2 aliphatic heterocycles. The van der Waals surface area contributed by atoms with Gasteiger partial charge >= 0.3 is 0 Å². The molecule has 0 radical (unpaired) electrons. The summed E-state index contributed by atoms with van der Waals surface area (Å²) >= 11 is 6.01. The number of rotatable bonds is 6. The summed E-state index contributed by atoms with van der Waals surface area (Å²) in [6.45, 7) is 4.00. The molecule has 8 heteroatoms. The van der Waals surface area contributed by atoms with Crippen LogP contribution in [0.4, 0.5) is 0 Å². The molecule has 0 unspecified atom stereocenters. The summed E-state index contributed by atoms with van der Waals surface area (Å²) in [4.78, 5) is 34.4. The van der Waals surface area contributed by atoms with Crippen LogP contribution in [0.25, 0.3) is 0 Å². The molecule has 1 N–H and O–H groups in total. The number of amides is 2. The Morgan fingerprint density at radius 1 is 0.923 bits per heavy atom. The van der Waals surface area contributed by atoms with Crippen LogP contribution in [-0.2, 0) is 6.54 Å². The van der Waals surface area contributed by atoms with Gasteiger partial charge in [-0.25, -0.2) is 0 Å². The molecule has 3 aromatic rings. The lowest BCUT2D eigenvalue weighted by molar-refractivity contribution is 0.0711. The van der Waals surface area contributed by atoms with Gasteiger partial charge in [-0.2, -0.15) is 5.26 Å². The van der Waals surface area contributed by atoms with E-state index in [0.29, 0.717) is 35.8 Å². The number of halogens is 1. The lowest BCUT2D eigenvalue weighted by Gasteiger charge is -2.32. The number of carbonyl (C=O) groups is 2. The molecule has 2 aliphatic rings. The molecule has 2 aromatic carbocycles. The Balaban J connectivity index is 1.07. The molecule has 5 rings (SSSR count). The van der Waals surface area contributed by atoms with Gasteiger partial charge in [0.25, 0.3) is 11.8 Å². The molecule has 0 saturated carbocycles. The van der Waals surface area contributed by atoms with Crippen molar-refractivity contribution in [1.29, 1.82) is 5.26 Å². The molecule has 39 heavy (non-hydrogen) atoms. The first-order chi connectivity index (χ1) is 19.0. The molecule has 3 heterocycles. The maximum Gasteiger partial charge on any atom is 0.270 e. The number of benzene rings is 2. The van der Waals surface area contributed by atoms with Crippen molar-refractivity contribution < 1.29 is 9.59 Å². The molecule has 2 amide bonds. The quantitative estimate of drug-likeness (QED) is 0.473. The van der Waals surface area contributed by atoms with E-state index in [9.17, 15) is 9.59 Å². The maximum absolute atomic E-state index is 13.0. The van der Waals surface area contributed by atoms with E-state index in [4.69, 9.17) is 16.9 Å². The molecule has 0 atom stereocenters. The normalized spacial score (nSPS) is 17.0. The van der Waals surface area contributed by atoms with E-state index in [1.54, 1.807) is 12.1 Å². The standard InChI is InChI=1S/C31H32ClN5O2/c32-27-8-5-24(6-9-27)25-11-17-37(18-12-25)31(39)26-7-10-29(34-20-26)30(38)35-28-13-15-36(16-14-28)21-23-3-1-22(19-33)2-4-23/h1-10,20,25,28H,11-18,21H2,(H,35,38). The van der Waals surface area contributed by atoms with Crippen LogP contribution in [0.1, 0.15) is 69.1 Å². The van der Waals surface area contributed by atoms with Gasteiger partial charge in [-0.15, -0.1) is 0 Å². The Hall–Kier alpha value is -3.73. The third kappa shape index (κ3) is 6.83. The summed E-state index contributed by atoms with van der Waals surface area (Å²) in [5.74, 6) is 0.181. The Bertz CT molecular complexity index is 1320. The predicted octanol–water partition coefficient (Wildman–Crippen LogP) is 5.02. The molecule has 0 bridgehead atoms. The van der Waals surface area contributed by atoms with Crippen LogP contribution in [0.5, 0.6) is 0 Å². The number of nitrogens with zero attached hydrogens (tertiary/aromatic N) is 4. The average molecular weight is 542 g/mol. The first-order valence-corrected chi connectivity index (χ1v) is 13.9. The molecular weight excluding hydrogens is 510 g/mol. The van der Waals surface area contributed by atoms with Crippen molar-refractivity contribution in [2.75, 3.05) is 26.2 Å². The third-order valence-corrected chi connectivity index (χ3v) is 8.03. The minimum Gasteiger partial charge on any atom is -0.348 e. The smallest absolute Gasteiger partial charge is 0.270 e. The Morgan fingerprint density at radius 3 is 2.23 bits per heavy atom. The van der Waals surface area contributed by atoms with Gasteiger partial charge in [-0.3, -0.25) is 19.5 Å². The molecule has 2 fully saturated rings. The predicted molar refractivity (Wildman–Crippen MR) is 150 cm³/mol. The maximum atomic E-state index is 13.0. The number of aromatic nitrogens is 1. The van der Waals surface area contributed by atoms with Crippen LogP contribution in [0.2, 0.25) is 5.02 Å². The monoisotopic (exact) mass is 541 g/mol. The van der Waals surface area contributed by atoms with Gasteiger partial charge in [0.05, 0.1) is 17.2 Å². The summed E-state index contributed by atoms with van der Waals surface area (Å²) in [6, 6.07) is 21.2. The van der Waals surface area contributed by atoms with E-state index in [1.807, 2.05) is 41.3 Å². The Labute approximate surface area is 234 Å². The van der Waals surface area contributed by atoms with Gasteiger partial charge < -0.3 is 10.2 Å². The fourth-order valence-corrected chi connectivity index (χ4v) is 5.55. The second-order valence-electron chi connectivity index (χ2n) is 10.4. The number of nitrogens with one attached hydrogen (secondary N) is 1. The average Bonchev–Trinajstić information content (AvgIpc) is 2.99. The summed E-state index contributed by atoms with van der Waals surface area (Å²) in [5.41, 5.74) is 3.95. The van der Waals surface area contributed by atoms with E-state index < -0.39 is 0 Å². The molecule has 2 saturated heterocycles. The van der Waals surface area contributed by atoms with Crippen LogP contribution in [-0.4, -0.2) is 58.8 Å². The summed E-state index contributed by atoms with van der Waals surface area (Å²) < 4.78 is 0. The number of pyridine rings is 1. The van der Waals surface area contributed by atoms with E-state index in [1.165, 1.54) is 17.3 Å². The van der Waals surface area contributed by atoms with Crippen LogP contribution < -0.4 is 5.32 Å². The van der Waals surface area contributed by atoms with Crippen molar-refractivity contribution in [1.82, 2.24) is 20.1 Å². The summed E-state index contributed by atoms with van der Waals surface area (Å²) in [5, 5.41) is 12.8. The SMILES string of the molecule is N#Cc1ccc(CN2CCC(NC(=O)c3ccc(C(=O)N4CCC(c5ccc(Cl)cc5)CC4)cn3)CC2)cc1. The zero-order valence-electron chi connectivity index (χ0n) is 21.9. The minimum atomic E-state index is -0.205. The van der Waals surface area contributed by atoms with E-state index in [-0.39, 0.29) is 17.9 Å². The molecule has 0 aliphatic carbocycles. The van der Waals surface area contributed by atoms with Crippen molar-refractivity contribution >= 4 is 23.4 Å². The van der Waals surface area contributed by atoms with Crippen LogP contribution in [0, 0.1) is 11.3 Å². The Kier molecular flexibility index (Phi) is 8.55. The van der Waals surface area contributed by atoms with Crippen molar-refractivity contribution in [2.45, 2.75) is 44.2 Å². The highest BCUT2D eigenvalue weighted by Gasteiger charge is 2.26. The number of piperidine rings is 2. The first-order valence-electron chi connectivity index (χ1n) is 13.5. The van der Waals surface area contributed by atoms with Crippen molar-refractivity contribution in [3.63, 3.8) is 0 Å². The van der Waals surface area contributed by atoms with Gasteiger partial charge in [-0.05, 0) is 79.1 Å². The van der Waals surface area contributed by atoms with Gasteiger partial charge in [0.1, 0.15) is 5.69 Å². The highest BCUT2D eigenvalue weighted by atomic mass is 35.5. The fourth-order valence-electron chi connectivity index (χ4n) is 5.43. The lowest BCUT2D eigenvalue weighted by Crippen LogP contribution is -2.44. The van der Waals surface area contributed by atoms with E-state index in [0.717, 1.165) is 50.3 Å². The van der Waals surface area contributed by atoms with E-state index >= 15 is 0 Å². The van der Waals surface area contributed by atoms with Gasteiger partial charge in [-0.1, -0.05) is 35.9 Å². The number of hydrogen-bond acceptors (Lipinski definition) is 5. The lowest BCUT2D eigenvalue weighted by atomic mass is 9.89. The van der Waals surface area contributed by atoms with Gasteiger partial charge in [0.15, 0.2) is 0 Å². The molecular formula is C31H32ClN5O2. The summed E-state index contributed by atoms with van der Waals surface area (Å²) in [7, 11) is 0. The molecule has 1 aromatic heterocycles. The van der Waals surface area contributed by atoms with E-state index in [2.05, 4.69) is 33.4 Å². The first kappa shape index (κ1) is 26.9. The second-order valence-corrected chi connectivity index (χ2v) is 10.8. The highest BCUT2D eigenvalue weighted by molar-refractivity contribution is 6.30. The number of hydrogen-bond donors (Lipinski definition) is 1. The van der Waals surface area contributed by atoms with Crippen LogP contribution in [0.15, 0.2) is 66.9 Å². The summed E-state index contributed by atoms with van der Waals surface area (Å²) in [6.07, 6.45) is 5.07. The highest BCUT2D eigenvalue weighted by Crippen LogP contribution is 2.29. The number of nitriles is 1. The number of likely N-dealkylation sites (tertiary alicyclic amines) is 2. The minimum absolute atomic E-state index is 0.0429. The fraction of sp³-hybridized carbons (Fsp3) is 0.355. The molecule has 200 valence electrons. The second kappa shape index (κ2) is 12.4. The molecule has 0 spiro atoms. The van der Waals surface area contributed by atoms with Crippen LogP contribution in [0.3, 0.4) is 0 Å². The zero-order chi connectivity index (χ0) is 27.2. The zero-order valence-corrected chi connectivity index (χ0v) is 22.6. The largest absolute Gasteiger partial charge is 0.348 e. The van der Waals surface area contributed by atoms with Crippen molar-refractivity contribution in [3.05, 3.63) is 99.8 Å². The van der Waals surface area contributed by atoms with Crippen molar-refractivity contribution in [2.24, 2.45) is 0 Å². The van der Waals surface area contributed by atoms with Crippen molar-refractivity contribution in [3.8, 4) is 6.07 Å². The third-order valence-electron chi connectivity index (χ3n) is 7.78. The Morgan fingerprint density at radius 2 is 1.62 bits per heavy atom.